The number of hydrazine groups is 1. The van der Waals surface area contributed by atoms with Crippen molar-refractivity contribution >= 4 is 16.8 Å². The highest BCUT2D eigenvalue weighted by atomic mass is 16.2. The standard InChI is InChI=1S/C22H23N3O/c1-15-12-13-19-18(14-15)20(16-8-4-2-5-9-16)21(23-19)22(26)25-24-17-10-6-3-7-11-17/h2,4-5,8-10,12-14,23-24H,3,6-7,11H2,1H3,(H,25,26). The molecule has 1 amide bonds. The van der Waals surface area contributed by atoms with Gasteiger partial charge >= 0.3 is 0 Å². The van der Waals surface area contributed by atoms with Crippen molar-refractivity contribution in [3.63, 3.8) is 0 Å². The Morgan fingerprint density at radius 1 is 1.08 bits per heavy atom. The fourth-order valence-corrected chi connectivity index (χ4v) is 3.53. The molecule has 0 atom stereocenters. The number of hydrogen-bond donors (Lipinski definition) is 3. The van der Waals surface area contributed by atoms with Crippen LogP contribution in [0.15, 0.2) is 60.3 Å². The topological polar surface area (TPSA) is 56.9 Å². The van der Waals surface area contributed by atoms with Gasteiger partial charge in [0.25, 0.3) is 5.91 Å². The molecule has 0 unspecified atom stereocenters. The maximum Gasteiger partial charge on any atom is 0.286 e. The number of rotatable bonds is 4. The molecule has 0 spiro atoms. The molecule has 0 saturated heterocycles. The number of carbonyl (C=O) groups is 1. The molecule has 0 saturated carbocycles. The number of carbonyl (C=O) groups excluding carboxylic acids is 1. The van der Waals surface area contributed by atoms with Crippen molar-refractivity contribution in [2.75, 3.05) is 0 Å². The molecule has 132 valence electrons. The van der Waals surface area contributed by atoms with Crippen molar-refractivity contribution < 1.29 is 4.79 Å². The van der Waals surface area contributed by atoms with Gasteiger partial charge in [-0.3, -0.25) is 10.2 Å². The zero-order valence-electron chi connectivity index (χ0n) is 14.9. The number of fused-ring (bicyclic) bond motifs is 1. The Morgan fingerprint density at radius 2 is 1.92 bits per heavy atom. The third-order valence-electron chi connectivity index (χ3n) is 4.87. The van der Waals surface area contributed by atoms with Crippen LogP contribution in [0.3, 0.4) is 0 Å². The average Bonchev–Trinajstić information content (AvgIpc) is 3.06. The third-order valence-corrected chi connectivity index (χ3v) is 4.87. The van der Waals surface area contributed by atoms with Gasteiger partial charge in [0.05, 0.1) is 0 Å². The van der Waals surface area contributed by atoms with Crippen molar-refractivity contribution in [3.05, 3.63) is 71.6 Å². The van der Waals surface area contributed by atoms with Crippen LogP contribution in [0.1, 0.15) is 41.7 Å². The molecule has 3 N–H and O–H groups in total. The minimum Gasteiger partial charge on any atom is -0.350 e. The minimum absolute atomic E-state index is 0.149. The van der Waals surface area contributed by atoms with E-state index in [1.54, 1.807) is 0 Å². The number of aromatic nitrogens is 1. The Bertz CT molecular complexity index is 970. The fourth-order valence-electron chi connectivity index (χ4n) is 3.53. The molecule has 1 aromatic heterocycles. The number of allylic oxidation sites excluding steroid dienone is 2. The lowest BCUT2D eigenvalue weighted by Gasteiger charge is -2.15. The highest BCUT2D eigenvalue weighted by Crippen LogP contribution is 2.33. The summed E-state index contributed by atoms with van der Waals surface area (Å²) in [5.74, 6) is -0.149. The fraction of sp³-hybridized carbons (Fsp3) is 0.227. The van der Waals surface area contributed by atoms with Crippen LogP contribution in [0.2, 0.25) is 0 Å². The molecule has 0 bridgehead atoms. The lowest BCUT2D eigenvalue weighted by molar-refractivity contribution is 0.0934. The summed E-state index contributed by atoms with van der Waals surface area (Å²) < 4.78 is 0. The van der Waals surface area contributed by atoms with Crippen molar-refractivity contribution in [2.24, 2.45) is 0 Å². The van der Waals surface area contributed by atoms with Gasteiger partial charge in [-0.2, -0.15) is 0 Å². The molecule has 4 heteroatoms. The Morgan fingerprint density at radius 3 is 2.69 bits per heavy atom. The Kier molecular flexibility index (Phi) is 4.48. The lowest BCUT2D eigenvalue weighted by atomic mass is 10.0. The first-order valence-electron chi connectivity index (χ1n) is 9.15. The van der Waals surface area contributed by atoms with Crippen LogP contribution in [-0.4, -0.2) is 10.9 Å². The number of hydrogen-bond acceptors (Lipinski definition) is 2. The van der Waals surface area contributed by atoms with Gasteiger partial charge < -0.3 is 10.4 Å². The maximum atomic E-state index is 12.9. The van der Waals surface area contributed by atoms with E-state index in [1.165, 1.54) is 12.0 Å². The Balaban J connectivity index is 1.71. The molecule has 3 aromatic rings. The van der Waals surface area contributed by atoms with Crippen LogP contribution >= 0.6 is 0 Å². The lowest BCUT2D eigenvalue weighted by Crippen LogP contribution is -2.37. The zero-order valence-corrected chi connectivity index (χ0v) is 14.9. The summed E-state index contributed by atoms with van der Waals surface area (Å²) in [5, 5.41) is 1.07. The van der Waals surface area contributed by atoms with Crippen molar-refractivity contribution in [1.82, 2.24) is 15.8 Å². The van der Waals surface area contributed by atoms with E-state index in [1.807, 2.05) is 36.4 Å². The molecule has 26 heavy (non-hydrogen) atoms. The molecule has 1 heterocycles. The van der Waals surface area contributed by atoms with Crippen molar-refractivity contribution in [1.29, 1.82) is 0 Å². The number of aromatic amines is 1. The number of aryl methyl sites for hydroxylation is 1. The van der Waals surface area contributed by atoms with E-state index in [4.69, 9.17) is 0 Å². The summed E-state index contributed by atoms with van der Waals surface area (Å²) in [4.78, 5) is 16.2. The SMILES string of the molecule is Cc1ccc2[nH]c(C(=O)NNC3=CCCCC3)c(-c3ccccc3)c2c1. The van der Waals surface area contributed by atoms with Crippen LogP contribution in [0.4, 0.5) is 0 Å². The summed E-state index contributed by atoms with van der Waals surface area (Å²) in [7, 11) is 0. The van der Waals surface area contributed by atoms with Crippen LogP contribution in [-0.2, 0) is 0 Å². The second kappa shape index (κ2) is 7.08. The highest BCUT2D eigenvalue weighted by Gasteiger charge is 2.19. The summed E-state index contributed by atoms with van der Waals surface area (Å²) >= 11 is 0. The molecule has 4 rings (SSSR count). The normalized spacial score (nSPS) is 14.1. The summed E-state index contributed by atoms with van der Waals surface area (Å²) in [6.45, 7) is 2.07. The molecular formula is C22H23N3O. The van der Waals surface area contributed by atoms with E-state index >= 15 is 0 Å². The summed E-state index contributed by atoms with van der Waals surface area (Å²) in [6.07, 6.45) is 6.60. The summed E-state index contributed by atoms with van der Waals surface area (Å²) in [5.41, 5.74) is 11.8. The first-order chi connectivity index (χ1) is 12.7. The zero-order chi connectivity index (χ0) is 17.9. The maximum absolute atomic E-state index is 12.9. The van der Waals surface area contributed by atoms with E-state index in [2.05, 4.69) is 41.0 Å². The van der Waals surface area contributed by atoms with Crippen molar-refractivity contribution in [3.8, 4) is 11.1 Å². The monoisotopic (exact) mass is 345 g/mol. The van der Waals surface area contributed by atoms with Gasteiger partial charge in [0, 0.05) is 22.2 Å². The van der Waals surface area contributed by atoms with E-state index in [-0.39, 0.29) is 5.91 Å². The third kappa shape index (κ3) is 3.23. The molecule has 2 aromatic carbocycles. The second-order valence-corrected chi connectivity index (χ2v) is 6.84. The quantitative estimate of drug-likeness (QED) is 0.593. The molecule has 0 fully saturated rings. The van der Waals surface area contributed by atoms with Crippen molar-refractivity contribution in [2.45, 2.75) is 32.6 Å². The van der Waals surface area contributed by atoms with Gasteiger partial charge in [-0.05, 0) is 50.3 Å². The van der Waals surface area contributed by atoms with Gasteiger partial charge in [0.2, 0.25) is 0 Å². The Hall–Kier alpha value is -3.01. The van der Waals surface area contributed by atoms with Crippen LogP contribution < -0.4 is 10.9 Å². The first kappa shape index (κ1) is 16.5. The largest absolute Gasteiger partial charge is 0.350 e. The van der Waals surface area contributed by atoms with Gasteiger partial charge in [0.15, 0.2) is 0 Å². The molecule has 0 radical (unpaired) electrons. The second-order valence-electron chi connectivity index (χ2n) is 6.84. The Labute approximate surface area is 153 Å². The van der Waals surface area contributed by atoms with Crippen LogP contribution in [0.5, 0.6) is 0 Å². The van der Waals surface area contributed by atoms with Gasteiger partial charge in [-0.25, -0.2) is 0 Å². The van der Waals surface area contributed by atoms with Crippen LogP contribution in [0.25, 0.3) is 22.0 Å². The molecule has 1 aliphatic rings. The smallest absolute Gasteiger partial charge is 0.286 e. The van der Waals surface area contributed by atoms with E-state index in [0.29, 0.717) is 5.69 Å². The van der Waals surface area contributed by atoms with E-state index in [0.717, 1.165) is 47.0 Å². The first-order valence-corrected chi connectivity index (χ1v) is 9.15. The van der Waals surface area contributed by atoms with E-state index < -0.39 is 0 Å². The summed E-state index contributed by atoms with van der Waals surface area (Å²) in [6, 6.07) is 16.3. The predicted molar refractivity (Wildman–Crippen MR) is 106 cm³/mol. The van der Waals surface area contributed by atoms with Gasteiger partial charge in [-0.15, -0.1) is 0 Å². The number of nitrogens with one attached hydrogen (secondary N) is 3. The minimum atomic E-state index is -0.149. The van der Waals surface area contributed by atoms with E-state index in [9.17, 15) is 4.79 Å². The highest BCUT2D eigenvalue weighted by molar-refractivity contribution is 6.09. The average molecular weight is 345 g/mol. The van der Waals surface area contributed by atoms with Gasteiger partial charge in [-0.1, -0.05) is 48.0 Å². The van der Waals surface area contributed by atoms with Crippen LogP contribution in [0, 0.1) is 6.92 Å². The molecule has 0 aliphatic heterocycles. The predicted octanol–water partition coefficient (Wildman–Crippen LogP) is 4.84. The number of amides is 1. The number of benzene rings is 2. The number of H-pyrrole nitrogens is 1. The molecule has 1 aliphatic carbocycles. The molecular weight excluding hydrogens is 322 g/mol. The van der Waals surface area contributed by atoms with Gasteiger partial charge in [0.1, 0.15) is 5.69 Å². The molecule has 4 nitrogen and oxygen atoms in total.